The Kier molecular flexibility index (Phi) is 71.6. The van der Waals surface area contributed by atoms with E-state index in [0.29, 0.717) is 13.8 Å². The van der Waals surface area contributed by atoms with Gasteiger partial charge in [0.05, 0.1) is 6.54 Å². The smallest absolute Gasteiger partial charge is 1.00 e. The minimum absolute atomic E-state index is 0. The monoisotopic (exact) mass is 2490 g/mol. The Morgan fingerprint density at radius 1 is 0.598 bits per heavy atom. The number of aliphatic hydroxyl groups is 5. The fourth-order valence-electron chi connectivity index (χ4n) is 8.86. The first kappa shape index (κ1) is 112. The van der Waals surface area contributed by atoms with E-state index < -0.39 is 31.9 Å². The topological polar surface area (TPSA) is 394 Å². The Bertz CT molecular complexity index is 3490. The van der Waals surface area contributed by atoms with E-state index in [-0.39, 0.29) is 195 Å². The molecule has 2 amide bonds. The maximum atomic E-state index is 12.0. The number of para-hydroxylation sites is 2. The van der Waals surface area contributed by atoms with E-state index in [2.05, 4.69) is 137 Å². The predicted molar refractivity (Wildman–Crippen MR) is 356 cm³/mol. The summed E-state index contributed by atoms with van der Waals surface area (Å²) in [5.74, 6) is -3.00. The molecule has 2 aromatic heterocycles. The molecule has 16 N–H and O–H groups in total. The number of carbonyl (C=O) groups excluding carboxylic acids is 2. The number of nitrogens with two attached hydrogens (primary N) is 2. The molecule has 0 saturated heterocycles. The maximum absolute atomic E-state index is 12.0. The summed E-state index contributed by atoms with van der Waals surface area (Å²) in [6, 6.07) is 30.5. The van der Waals surface area contributed by atoms with E-state index >= 15 is 0 Å². The first-order chi connectivity index (χ1) is 42.6. The first-order valence-corrected chi connectivity index (χ1v) is 35.7. The van der Waals surface area contributed by atoms with Crippen molar-refractivity contribution < 1.29 is 293 Å². The molecule has 0 spiro atoms. The van der Waals surface area contributed by atoms with Crippen molar-refractivity contribution in [2.24, 2.45) is 11.5 Å². The molecule has 2 aliphatic rings. The van der Waals surface area contributed by atoms with Crippen LogP contribution in [0.15, 0.2) is 108 Å². The molecule has 2 fully saturated rings. The van der Waals surface area contributed by atoms with Crippen molar-refractivity contribution in [2.75, 3.05) is 48.3 Å². The second-order valence-electron chi connectivity index (χ2n) is 19.7. The minimum atomic E-state index is -4.09. The van der Waals surface area contributed by atoms with Crippen molar-refractivity contribution in [1.82, 2.24) is 24.7 Å². The van der Waals surface area contributed by atoms with Crippen LogP contribution in [0.3, 0.4) is 0 Å². The van der Waals surface area contributed by atoms with Gasteiger partial charge in [0, 0.05) is 109 Å². The van der Waals surface area contributed by atoms with Crippen LogP contribution in [-0.4, -0.2) is 177 Å². The summed E-state index contributed by atoms with van der Waals surface area (Å²) in [6.07, 6.45) is 13.5. The number of aryl methyl sites for hydroxylation is 2. The Hall–Kier alpha value is -0.466. The van der Waals surface area contributed by atoms with Gasteiger partial charge in [-0.2, -0.15) is 0 Å². The summed E-state index contributed by atoms with van der Waals surface area (Å²) in [6.45, 7) is 7.62. The van der Waals surface area contributed by atoms with Crippen molar-refractivity contribution >= 4 is 96.8 Å². The molecule has 23 nitrogen and oxygen atoms in total. The molecule has 2 saturated carbocycles. The standard InChI is InChI=1S/C24H25N3O2.C24H24N3O.C4H9NO2.2C3H6O2.CH5O4P.3CH4O.2CH4.2Na.6W.Y.2H/c1-16-5-4-8-22-24(16)20-6-2-3-7-21(20)27(22)14-13-18(15-23(25)29)26-17-9-11-19(28)12-10-17;1-17-8-7-13-22-24(17)20-11-5-6-12-21(20)27(22)15-14-19(16-23(25)28)26-18-9-3-2-4-10-18;1-5(2)3-4(6)7;2*1-2-3(4)5;2-1-6(3,4)5;3*1-2;;;;;;;;;;;;;/h2-8,13,17,19,26,28H,9-12H2,1H3,(H2,25,29);2,5-8,11-14,18,26H,3-4,9-10H2,1H3,(H2,25,28);3H2,1-2H3,(H,6,7);2*2H2,1H3,(H,4,5);2H,1H2,(H2,3,4,5);3*2H,1H3;2*1H4;;;;;;;;;;;/q;-1;;;;;;;;;;2*+1;;;;;;;;2*-1. The Labute approximate surface area is 716 Å². The number of allylic oxidation sites excluding steroid dienone is 2. The van der Waals surface area contributed by atoms with Crippen LogP contribution in [0.2, 0.25) is 0 Å². The number of nitrogens with zero attached hydrogens (tertiary/aromatic N) is 3. The van der Waals surface area contributed by atoms with Gasteiger partial charge in [-0.3, -0.25) is 23.8 Å². The number of benzene rings is 4. The normalized spacial score (nSPS) is 13.4. The van der Waals surface area contributed by atoms with E-state index in [9.17, 15) is 33.6 Å². The van der Waals surface area contributed by atoms with Crippen LogP contribution in [0.5, 0.6) is 0 Å². The van der Waals surface area contributed by atoms with Gasteiger partial charge >= 0.3 is 489 Å². The van der Waals surface area contributed by atoms with Gasteiger partial charge in [-0.05, 0) is 14.1 Å². The molecule has 8 rings (SSSR count). The third-order valence-corrected chi connectivity index (χ3v) is 18.4. The number of carbonyl (C=O) groups is 5. The van der Waals surface area contributed by atoms with Gasteiger partial charge in [-0.1, -0.05) is 28.7 Å². The molecule has 531 valence electrons. The number of nitrogens with one attached hydrogen (secondary N) is 2. The zero-order valence-electron chi connectivity index (χ0n) is 57.4. The number of primary amides is 2. The van der Waals surface area contributed by atoms with E-state index in [1.54, 1.807) is 32.8 Å². The molecule has 0 atom stereocenters. The predicted octanol–water partition coefficient (Wildman–Crippen LogP) is 0.0935. The van der Waals surface area contributed by atoms with Crippen LogP contribution in [-0.2, 0) is 181 Å². The van der Waals surface area contributed by atoms with Crippen LogP contribution in [0.1, 0.15) is 107 Å². The average Bonchev–Trinajstić information content (AvgIpc) is 1.61. The fraction of sp³-hybridized carbons (Fsp3) is 0.406. The second kappa shape index (κ2) is 61.8. The van der Waals surface area contributed by atoms with Gasteiger partial charge in [0.15, 0.2) is 0 Å². The van der Waals surface area contributed by atoms with Gasteiger partial charge in [-0.25, -0.2) is 0 Å². The number of rotatable bonds is 17. The zero-order valence-corrected chi connectivity index (χ0v) is 80.8. The quantitative estimate of drug-likeness (QED) is 0.0327. The molecule has 97 heavy (non-hydrogen) atoms. The SMILES string of the molecule is C.C.CCC(=O)O.CCC(=O)O.CN(C)CC(=O)O.CO.CO.CO.Cc1cccc2c1c1ccccc1n2[C](=[W])C=C(NC1CCC(O)CC1)[C](=[W])C(N)=O.Cc1cccc2c1c1ccccc1n2[C](=[W])C=C(NC1CC[CH-]CC1)[C](=[W])C(N)=O.O=P(O)(O)CO.[H-].[H-].[Na+].[Na+].[W].[W].[Y]. The van der Waals surface area contributed by atoms with Crippen molar-refractivity contribution in [2.45, 2.75) is 125 Å². The second-order valence-corrected chi connectivity index (χ2v) is 27.2. The molecule has 2 aliphatic carbocycles. The number of hydrogen-bond donors (Lipinski definition) is 14. The van der Waals surface area contributed by atoms with Crippen LogP contribution in [0.4, 0.5) is 0 Å². The van der Waals surface area contributed by atoms with Crippen LogP contribution in [0.25, 0.3) is 43.6 Å². The van der Waals surface area contributed by atoms with Crippen molar-refractivity contribution in [3.05, 3.63) is 126 Å². The number of amides is 2. The molecule has 4 aromatic carbocycles. The first-order valence-electron chi connectivity index (χ1n) is 28.1. The molecule has 6 aromatic rings. The van der Waals surface area contributed by atoms with Crippen molar-refractivity contribution in [1.29, 1.82) is 0 Å². The van der Waals surface area contributed by atoms with E-state index in [0.717, 1.165) is 136 Å². The number of aliphatic hydroxyl groups excluding tert-OH is 5. The largest absolute Gasteiger partial charge is 1.00 e. The molecular weight excluding hydrogens is 2390 g/mol. The van der Waals surface area contributed by atoms with Gasteiger partial charge in [-0.15, -0.1) is 0 Å². The number of carboxylic acids is 3. The number of aromatic nitrogens is 2. The summed E-state index contributed by atoms with van der Waals surface area (Å²) >= 11 is 4.81. The third-order valence-electron chi connectivity index (χ3n) is 12.8. The van der Waals surface area contributed by atoms with Crippen LogP contribution >= 0.6 is 7.60 Å². The molecule has 0 aliphatic heterocycles. The number of aliphatic carboxylic acids is 3. The van der Waals surface area contributed by atoms with E-state index in [1.807, 2.05) is 0 Å². The summed E-state index contributed by atoms with van der Waals surface area (Å²) in [7, 11) is 2.34. The van der Waals surface area contributed by atoms with Gasteiger partial charge in [0.25, 0.3) is 0 Å². The maximum Gasteiger partial charge on any atom is 1.00 e. The van der Waals surface area contributed by atoms with Crippen LogP contribution < -0.4 is 81.2 Å². The van der Waals surface area contributed by atoms with E-state index in [4.69, 9.17) is 57.0 Å². The minimum Gasteiger partial charge on any atom is -1.00 e. The number of fused-ring (bicyclic) bond motifs is 6. The van der Waals surface area contributed by atoms with Crippen LogP contribution in [0, 0.1) is 20.3 Å². The molecule has 1 radical (unpaired) electrons. The van der Waals surface area contributed by atoms with Gasteiger partial charge in [0.2, 0.25) is 0 Å². The number of hydrogen-bond acceptors (Lipinski definition) is 14. The summed E-state index contributed by atoms with van der Waals surface area (Å²) in [5.41, 5.74) is 20.3. The fourth-order valence-corrected chi connectivity index (χ4v) is 12.0. The van der Waals surface area contributed by atoms with Gasteiger partial charge < -0.3 is 48.4 Å². The number of carboxylic acid groups (broad SMARTS) is 3. The van der Waals surface area contributed by atoms with Crippen molar-refractivity contribution in [3.63, 3.8) is 0 Å². The Morgan fingerprint density at radius 2 is 0.897 bits per heavy atom. The van der Waals surface area contributed by atoms with Crippen molar-refractivity contribution in [3.8, 4) is 0 Å². The Morgan fingerprint density at radius 3 is 1.16 bits per heavy atom. The molecule has 0 unspecified atom stereocenters. The molecule has 2 heterocycles. The summed E-state index contributed by atoms with van der Waals surface area (Å²) in [4.78, 5) is 69.6. The average molecular weight is 2490 g/mol. The van der Waals surface area contributed by atoms with E-state index in [1.165, 1.54) is 87.9 Å². The molecular formula is C64H97N7Na2O16PW6Y-. The summed E-state index contributed by atoms with van der Waals surface area (Å²) < 4.78 is 17.6. The summed E-state index contributed by atoms with van der Waals surface area (Å²) in [5, 5.41) is 74.2. The third kappa shape index (κ3) is 41.1. The number of likely N-dealkylation sites (N-methyl/N-ethyl adjacent to an activating group) is 1. The molecule has 0 bridgehead atoms. The van der Waals surface area contributed by atoms with Gasteiger partial charge in [0.1, 0.15) is 6.35 Å². The molecule has 33 heteroatoms. The zero-order chi connectivity index (χ0) is 69.0. The Balaban J connectivity index is -0.000000135.